The number of hydrogen-bond donors (Lipinski definition) is 0. The van der Waals surface area contributed by atoms with Crippen molar-refractivity contribution in [3.05, 3.63) is 47.8 Å². The molecule has 7 heteroatoms. The van der Waals surface area contributed by atoms with Crippen molar-refractivity contribution < 1.29 is 0 Å². The molecule has 0 fully saturated rings. The van der Waals surface area contributed by atoms with Crippen LogP contribution in [0.15, 0.2) is 47.0 Å². The van der Waals surface area contributed by atoms with Crippen LogP contribution in [-0.2, 0) is 0 Å². The number of tetrazole rings is 1. The SMILES string of the molecule is Cc1cccc(-n2nnnc2Sc2ncccn2)c1C. The van der Waals surface area contributed by atoms with Crippen molar-refractivity contribution in [2.24, 2.45) is 0 Å². The molecule has 3 rings (SSSR count). The van der Waals surface area contributed by atoms with Gasteiger partial charge in [-0.15, -0.1) is 5.10 Å². The van der Waals surface area contributed by atoms with Crippen LogP contribution in [0.1, 0.15) is 11.1 Å². The van der Waals surface area contributed by atoms with E-state index in [1.165, 1.54) is 17.3 Å². The van der Waals surface area contributed by atoms with Gasteiger partial charge in [-0.1, -0.05) is 12.1 Å². The normalized spacial score (nSPS) is 10.7. The summed E-state index contributed by atoms with van der Waals surface area (Å²) in [5.41, 5.74) is 3.31. The summed E-state index contributed by atoms with van der Waals surface area (Å²) < 4.78 is 1.71. The predicted molar refractivity (Wildman–Crippen MR) is 74.8 cm³/mol. The molecule has 0 N–H and O–H groups in total. The fourth-order valence-electron chi connectivity index (χ4n) is 1.78. The summed E-state index contributed by atoms with van der Waals surface area (Å²) in [5.74, 6) is 0. The minimum atomic E-state index is 0.619. The van der Waals surface area contributed by atoms with Crippen molar-refractivity contribution in [1.29, 1.82) is 0 Å². The Morgan fingerprint density at radius 1 is 1.05 bits per heavy atom. The summed E-state index contributed by atoms with van der Waals surface area (Å²) in [4.78, 5) is 8.34. The number of benzene rings is 1. The van der Waals surface area contributed by atoms with E-state index in [9.17, 15) is 0 Å². The van der Waals surface area contributed by atoms with E-state index < -0.39 is 0 Å². The predicted octanol–water partition coefficient (Wildman–Crippen LogP) is 2.22. The van der Waals surface area contributed by atoms with Crippen LogP contribution in [-0.4, -0.2) is 30.2 Å². The van der Waals surface area contributed by atoms with Crippen LogP contribution >= 0.6 is 11.8 Å². The average molecular weight is 284 g/mol. The quantitative estimate of drug-likeness (QED) is 0.687. The molecule has 2 heterocycles. The second kappa shape index (κ2) is 5.38. The highest BCUT2D eigenvalue weighted by Gasteiger charge is 2.13. The van der Waals surface area contributed by atoms with Crippen molar-refractivity contribution in [3.8, 4) is 5.69 Å². The van der Waals surface area contributed by atoms with Gasteiger partial charge in [-0.3, -0.25) is 0 Å². The summed E-state index contributed by atoms with van der Waals surface area (Å²) in [6.07, 6.45) is 3.39. The van der Waals surface area contributed by atoms with Gasteiger partial charge in [0.25, 0.3) is 0 Å². The molecule has 0 atom stereocenters. The summed E-state index contributed by atoms with van der Waals surface area (Å²) in [7, 11) is 0. The Balaban J connectivity index is 2.00. The van der Waals surface area contributed by atoms with Gasteiger partial charge in [0.15, 0.2) is 5.16 Å². The molecular weight excluding hydrogens is 272 g/mol. The van der Waals surface area contributed by atoms with E-state index in [1.807, 2.05) is 12.1 Å². The topological polar surface area (TPSA) is 69.4 Å². The largest absolute Gasteiger partial charge is 0.231 e. The lowest BCUT2D eigenvalue weighted by atomic mass is 10.1. The van der Waals surface area contributed by atoms with Crippen LogP contribution in [0, 0.1) is 13.8 Å². The van der Waals surface area contributed by atoms with Gasteiger partial charge in [0.2, 0.25) is 5.16 Å². The molecule has 0 spiro atoms. The van der Waals surface area contributed by atoms with Crippen LogP contribution < -0.4 is 0 Å². The van der Waals surface area contributed by atoms with Crippen molar-refractivity contribution in [2.75, 3.05) is 0 Å². The zero-order valence-corrected chi connectivity index (χ0v) is 11.9. The highest BCUT2D eigenvalue weighted by molar-refractivity contribution is 7.99. The summed E-state index contributed by atoms with van der Waals surface area (Å²) in [5, 5.41) is 13.1. The average Bonchev–Trinajstić information content (AvgIpc) is 2.91. The molecule has 0 unspecified atom stereocenters. The summed E-state index contributed by atoms with van der Waals surface area (Å²) in [6, 6.07) is 7.83. The molecule has 0 aliphatic heterocycles. The highest BCUT2D eigenvalue weighted by Crippen LogP contribution is 2.25. The lowest BCUT2D eigenvalue weighted by molar-refractivity contribution is 0.749. The van der Waals surface area contributed by atoms with E-state index in [4.69, 9.17) is 0 Å². The van der Waals surface area contributed by atoms with E-state index in [2.05, 4.69) is 45.4 Å². The number of aryl methyl sites for hydroxylation is 1. The van der Waals surface area contributed by atoms with Gasteiger partial charge in [-0.25, -0.2) is 9.97 Å². The summed E-state index contributed by atoms with van der Waals surface area (Å²) >= 11 is 1.33. The minimum absolute atomic E-state index is 0.619. The summed E-state index contributed by atoms with van der Waals surface area (Å²) in [6.45, 7) is 4.12. The molecule has 6 nitrogen and oxygen atoms in total. The standard InChI is InChI=1S/C13H12N6S/c1-9-5-3-6-11(10(9)2)19-13(16-17-18-19)20-12-14-7-4-8-15-12/h3-8H,1-2H3. The first-order valence-electron chi connectivity index (χ1n) is 6.05. The molecular formula is C13H12N6S. The Labute approximate surface area is 120 Å². The lowest BCUT2D eigenvalue weighted by Crippen LogP contribution is -2.02. The van der Waals surface area contributed by atoms with Crippen LogP contribution in [0.5, 0.6) is 0 Å². The van der Waals surface area contributed by atoms with Crippen molar-refractivity contribution >= 4 is 11.8 Å². The van der Waals surface area contributed by atoms with E-state index in [1.54, 1.807) is 23.1 Å². The highest BCUT2D eigenvalue weighted by atomic mass is 32.2. The Morgan fingerprint density at radius 3 is 2.65 bits per heavy atom. The number of rotatable bonds is 3. The van der Waals surface area contributed by atoms with Crippen LogP contribution in [0.3, 0.4) is 0 Å². The van der Waals surface area contributed by atoms with Crippen molar-refractivity contribution in [3.63, 3.8) is 0 Å². The van der Waals surface area contributed by atoms with Crippen LogP contribution in [0.2, 0.25) is 0 Å². The van der Waals surface area contributed by atoms with Crippen LogP contribution in [0.25, 0.3) is 5.69 Å². The molecule has 100 valence electrons. The van der Waals surface area contributed by atoms with E-state index in [0.29, 0.717) is 10.3 Å². The maximum atomic E-state index is 4.17. The molecule has 3 aromatic rings. The van der Waals surface area contributed by atoms with E-state index >= 15 is 0 Å². The lowest BCUT2D eigenvalue weighted by Gasteiger charge is -2.08. The number of nitrogens with zero attached hydrogens (tertiary/aromatic N) is 6. The molecule has 0 saturated carbocycles. The third-order valence-corrected chi connectivity index (χ3v) is 3.80. The Bertz CT molecular complexity index is 725. The maximum Gasteiger partial charge on any atom is 0.221 e. The van der Waals surface area contributed by atoms with E-state index in [0.717, 1.165) is 11.3 Å². The smallest absolute Gasteiger partial charge is 0.221 e. The van der Waals surface area contributed by atoms with Crippen LogP contribution in [0.4, 0.5) is 0 Å². The molecule has 0 aliphatic rings. The van der Waals surface area contributed by atoms with Gasteiger partial charge in [0.05, 0.1) is 5.69 Å². The van der Waals surface area contributed by atoms with Gasteiger partial charge in [0.1, 0.15) is 0 Å². The molecule has 0 aliphatic carbocycles. The van der Waals surface area contributed by atoms with Gasteiger partial charge >= 0.3 is 0 Å². The maximum absolute atomic E-state index is 4.17. The van der Waals surface area contributed by atoms with Crippen molar-refractivity contribution in [1.82, 2.24) is 30.2 Å². The molecule has 2 aromatic heterocycles. The Kier molecular flexibility index (Phi) is 3.42. The zero-order valence-electron chi connectivity index (χ0n) is 11.1. The fourth-order valence-corrected chi connectivity index (χ4v) is 2.47. The molecule has 1 aromatic carbocycles. The molecule has 20 heavy (non-hydrogen) atoms. The monoisotopic (exact) mass is 284 g/mol. The third-order valence-electron chi connectivity index (χ3n) is 2.97. The number of aromatic nitrogens is 6. The second-order valence-corrected chi connectivity index (χ2v) is 5.16. The third kappa shape index (κ3) is 2.39. The molecule has 0 bridgehead atoms. The molecule has 0 saturated heterocycles. The zero-order chi connectivity index (χ0) is 13.9. The van der Waals surface area contributed by atoms with Gasteiger partial charge in [-0.05, 0) is 59.3 Å². The first-order valence-corrected chi connectivity index (χ1v) is 6.87. The van der Waals surface area contributed by atoms with E-state index in [-0.39, 0.29) is 0 Å². The first kappa shape index (κ1) is 12.7. The molecule has 0 radical (unpaired) electrons. The van der Waals surface area contributed by atoms with Gasteiger partial charge < -0.3 is 0 Å². The van der Waals surface area contributed by atoms with Gasteiger partial charge in [-0.2, -0.15) is 4.68 Å². The fraction of sp³-hybridized carbons (Fsp3) is 0.154. The minimum Gasteiger partial charge on any atom is -0.231 e. The second-order valence-electron chi connectivity index (χ2n) is 4.23. The number of hydrogen-bond acceptors (Lipinski definition) is 6. The Hall–Kier alpha value is -2.28. The van der Waals surface area contributed by atoms with Gasteiger partial charge in [0, 0.05) is 12.4 Å². The first-order chi connectivity index (χ1) is 9.75. The van der Waals surface area contributed by atoms with Crippen molar-refractivity contribution in [2.45, 2.75) is 24.2 Å². The molecule has 0 amide bonds. The Morgan fingerprint density at radius 2 is 1.85 bits per heavy atom.